The Balaban J connectivity index is 3.36. The Bertz CT molecular complexity index is 256. The van der Waals surface area contributed by atoms with Gasteiger partial charge in [0.25, 0.3) is 0 Å². The molecule has 0 saturated heterocycles. The van der Waals surface area contributed by atoms with E-state index in [4.69, 9.17) is 0 Å². The highest BCUT2D eigenvalue weighted by atomic mass is 32.1. The van der Waals surface area contributed by atoms with Gasteiger partial charge in [-0.25, -0.2) is 0 Å². The standard InChI is InChI=1S/C19H38O2S/c1-3-4-5-7-11-14-18(21)16-19(22)15-12-9-6-8-10-13-17(2)20/h18-19,21-22H,3-16H2,1-2H3. The number of unbranched alkanes of at least 4 members (excludes halogenated alkanes) is 8. The largest absolute Gasteiger partial charge is 0.393 e. The van der Waals surface area contributed by atoms with Crippen molar-refractivity contribution in [2.45, 2.75) is 115 Å². The Morgan fingerprint density at radius 3 is 2.09 bits per heavy atom. The van der Waals surface area contributed by atoms with E-state index in [2.05, 4.69) is 19.6 Å². The third kappa shape index (κ3) is 16.4. The van der Waals surface area contributed by atoms with Crippen LogP contribution in [-0.4, -0.2) is 22.2 Å². The summed E-state index contributed by atoms with van der Waals surface area (Å²) in [4.78, 5) is 10.8. The van der Waals surface area contributed by atoms with Crippen molar-refractivity contribution in [2.75, 3.05) is 0 Å². The Kier molecular flexibility index (Phi) is 15.8. The highest BCUT2D eigenvalue weighted by molar-refractivity contribution is 7.80. The first-order chi connectivity index (χ1) is 10.6. The maximum atomic E-state index is 10.8. The fourth-order valence-corrected chi connectivity index (χ4v) is 3.24. The zero-order chi connectivity index (χ0) is 16.6. The van der Waals surface area contributed by atoms with Crippen LogP contribution in [0, 0.1) is 0 Å². The number of rotatable bonds is 16. The van der Waals surface area contributed by atoms with Crippen LogP contribution in [0.1, 0.15) is 104 Å². The number of aliphatic hydroxyl groups excluding tert-OH is 1. The van der Waals surface area contributed by atoms with Gasteiger partial charge >= 0.3 is 0 Å². The lowest BCUT2D eigenvalue weighted by atomic mass is 10.0. The summed E-state index contributed by atoms with van der Waals surface area (Å²) in [6, 6.07) is 0. The number of aliphatic hydroxyl groups is 1. The van der Waals surface area contributed by atoms with Crippen LogP contribution in [-0.2, 0) is 4.79 Å². The minimum Gasteiger partial charge on any atom is -0.393 e. The minimum atomic E-state index is -0.167. The van der Waals surface area contributed by atoms with Gasteiger partial charge in [-0.1, -0.05) is 64.7 Å². The molecule has 2 nitrogen and oxygen atoms in total. The van der Waals surface area contributed by atoms with Crippen LogP contribution in [0.25, 0.3) is 0 Å². The van der Waals surface area contributed by atoms with Gasteiger partial charge in [0.05, 0.1) is 6.10 Å². The molecule has 0 aliphatic heterocycles. The molecule has 0 aromatic heterocycles. The predicted octanol–water partition coefficient (Wildman–Crippen LogP) is 5.72. The smallest absolute Gasteiger partial charge is 0.129 e. The van der Waals surface area contributed by atoms with Gasteiger partial charge in [-0.05, 0) is 32.6 Å². The normalized spacial score (nSPS) is 14.0. The molecule has 2 unspecified atom stereocenters. The third-order valence-electron chi connectivity index (χ3n) is 4.25. The van der Waals surface area contributed by atoms with Gasteiger partial charge in [0.2, 0.25) is 0 Å². The summed E-state index contributed by atoms with van der Waals surface area (Å²) < 4.78 is 0. The van der Waals surface area contributed by atoms with E-state index in [9.17, 15) is 9.90 Å². The fourth-order valence-electron chi connectivity index (χ4n) is 2.82. The lowest BCUT2D eigenvalue weighted by Gasteiger charge is -2.15. The van der Waals surface area contributed by atoms with E-state index >= 15 is 0 Å². The molecule has 3 heteroatoms. The highest BCUT2D eigenvalue weighted by Crippen LogP contribution is 2.18. The summed E-state index contributed by atoms with van der Waals surface area (Å²) in [6.45, 7) is 3.89. The zero-order valence-corrected chi connectivity index (χ0v) is 15.8. The lowest BCUT2D eigenvalue weighted by molar-refractivity contribution is -0.117. The van der Waals surface area contributed by atoms with E-state index in [1.165, 1.54) is 44.9 Å². The number of hydrogen-bond donors (Lipinski definition) is 2. The number of carbonyl (C=O) groups is 1. The first kappa shape index (κ1) is 22.0. The first-order valence-electron chi connectivity index (χ1n) is 9.41. The summed E-state index contributed by atoms with van der Waals surface area (Å²) in [5.74, 6) is 0.305. The Morgan fingerprint density at radius 1 is 0.909 bits per heavy atom. The maximum absolute atomic E-state index is 10.8. The number of thiol groups is 1. The quantitative estimate of drug-likeness (QED) is 0.281. The van der Waals surface area contributed by atoms with Gasteiger partial charge in [-0.2, -0.15) is 12.6 Å². The second-order valence-electron chi connectivity index (χ2n) is 6.75. The molecule has 0 saturated carbocycles. The average molecular weight is 331 g/mol. The van der Waals surface area contributed by atoms with E-state index in [1.54, 1.807) is 6.92 Å². The zero-order valence-electron chi connectivity index (χ0n) is 14.9. The molecular formula is C19H38O2S. The summed E-state index contributed by atoms with van der Waals surface area (Å²) >= 11 is 4.61. The molecule has 22 heavy (non-hydrogen) atoms. The van der Waals surface area contributed by atoms with Crippen LogP contribution in [0.4, 0.5) is 0 Å². The van der Waals surface area contributed by atoms with Crippen LogP contribution in [0.5, 0.6) is 0 Å². The van der Waals surface area contributed by atoms with E-state index in [1.807, 2.05) is 0 Å². The highest BCUT2D eigenvalue weighted by Gasteiger charge is 2.10. The molecule has 0 radical (unpaired) electrons. The van der Waals surface area contributed by atoms with Crippen molar-refractivity contribution in [1.82, 2.24) is 0 Å². The van der Waals surface area contributed by atoms with E-state index in [-0.39, 0.29) is 6.10 Å². The van der Waals surface area contributed by atoms with Crippen molar-refractivity contribution in [2.24, 2.45) is 0 Å². The Morgan fingerprint density at radius 2 is 1.45 bits per heavy atom. The summed E-state index contributed by atoms with van der Waals surface area (Å²) in [7, 11) is 0. The average Bonchev–Trinajstić information content (AvgIpc) is 2.45. The van der Waals surface area contributed by atoms with E-state index in [0.717, 1.165) is 44.9 Å². The van der Waals surface area contributed by atoms with Crippen molar-refractivity contribution in [3.8, 4) is 0 Å². The molecule has 1 N–H and O–H groups in total. The van der Waals surface area contributed by atoms with E-state index < -0.39 is 0 Å². The van der Waals surface area contributed by atoms with Gasteiger partial charge in [0, 0.05) is 11.7 Å². The molecule has 0 amide bonds. The molecule has 0 bridgehead atoms. The summed E-state index contributed by atoms with van der Waals surface area (Å²) in [5.41, 5.74) is 0. The SMILES string of the molecule is CCCCCCCC(O)CC(S)CCCCCCCC(C)=O. The van der Waals surface area contributed by atoms with Crippen LogP contribution in [0.2, 0.25) is 0 Å². The monoisotopic (exact) mass is 330 g/mol. The molecule has 0 rings (SSSR count). The van der Waals surface area contributed by atoms with Crippen LogP contribution in [0.15, 0.2) is 0 Å². The molecule has 0 aliphatic rings. The molecular weight excluding hydrogens is 292 g/mol. The topological polar surface area (TPSA) is 37.3 Å². The Labute approximate surface area is 143 Å². The lowest BCUT2D eigenvalue weighted by Crippen LogP contribution is -2.13. The summed E-state index contributed by atoms with van der Waals surface area (Å²) in [5, 5.41) is 10.4. The van der Waals surface area contributed by atoms with Crippen molar-refractivity contribution < 1.29 is 9.90 Å². The van der Waals surface area contributed by atoms with Crippen LogP contribution < -0.4 is 0 Å². The molecule has 0 aromatic carbocycles. The minimum absolute atomic E-state index is 0.167. The van der Waals surface area contributed by atoms with Crippen molar-refractivity contribution >= 4 is 18.4 Å². The van der Waals surface area contributed by atoms with Gasteiger partial charge in [0.1, 0.15) is 5.78 Å². The van der Waals surface area contributed by atoms with Crippen molar-refractivity contribution in [3.63, 3.8) is 0 Å². The Hall–Kier alpha value is -0.0200. The molecule has 0 aromatic rings. The molecule has 0 spiro atoms. The van der Waals surface area contributed by atoms with Crippen molar-refractivity contribution in [3.05, 3.63) is 0 Å². The second-order valence-corrected chi connectivity index (χ2v) is 7.48. The number of Topliss-reactive ketones (excluding diaryl/α,β-unsaturated/α-hetero) is 1. The van der Waals surface area contributed by atoms with Crippen LogP contribution in [0.3, 0.4) is 0 Å². The number of carbonyl (C=O) groups excluding carboxylic acids is 1. The number of hydrogen-bond acceptors (Lipinski definition) is 3. The molecule has 0 heterocycles. The molecule has 132 valence electrons. The molecule has 2 atom stereocenters. The third-order valence-corrected chi connectivity index (χ3v) is 4.72. The summed E-state index contributed by atoms with van der Waals surface area (Å²) in [6.07, 6.45) is 15.6. The second kappa shape index (κ2) is 15.9. The molecule has 0 fully saturated rings. The van der Waals surface area contributed by atoms with Crippen LogP contribution >= 0.6 is 12.6 Å². The van der Waals surface area contributed by atoms with Gasteiger partial charge < -0.3 is 9.90 Å². The van der Waals surface area contributed by atoms with Crippen molar-refractivity contribution in [1.29, 1.82) is 0 Å². The predicted molar refractivity (Wildman–Crippen MR) is 99.8 cm³/mol. The van der Waals surface area contributed by atoms with Gasteiger partial charge in [-0.15, -0.1) is 0 Å². The fraction of sp³-hybridized carbons (Fsp3) is 0.947. The number of ketones is 1. The van der Waals surface area contributed by atoms with Gasteiger partial charge in [0.15, 0.2) is 0 Å². The van der Waals surface area contributed by atoms with Gasteiger partial charge in [-0.3, -0.25) is 0 Å². The van der Waals surface area contributed by atoms with E-state index in [0.29, 0.717) is 11.0 Å². The maximum Gasteiger partial charge on any atom is 0.129 e. The first-order valence-corrected chi connectivity index (χ1v) is 9.93. The molecule has 0 aliphatic carbocycles.